The summed E-state index contributed by atoms with van der Waals surface area (Å²) in [6.45, 7) is 0. The molecule has 13 aromatic rings. The van der Waals surface area contributed by atoms with Crippen LogP contribution in [0.5, 0.6) is 0 Å². The molecule has 0 radical (unpaired) electrons. The highest BCUT2D eigenvalue weighted by Gasteiger charge is 2.52. The van der Waals surface area contributed by atoms with Gasteiger partial charge in [-0.05, 0) is 210 Å². The summed E-state index contributed by atoms with van der Waals surface area (Å²) < 4.78 is 0. The van der Waals surface area contributed by atoms with Crippen molar-refractivity contribution >= 4 is 64.6 Å². The van der Waals surface area contributed by atoms with Crippen molar-refractivity contribution in [2.45, 2.75) is 36.5 Å². The van der Waals surface area contributed by atoms with Gasteiger partial charge in [-0.25, -0.2) is 0 Å². The average molecular weight is 859 g/mol. The van der Waals surface area contributed by atoms with E-state index in [0.29, 0.717) is 0 Å². The minimum Gasteiger partial charge on any atom is -0.0620 e. The van der Waals surface area contributed by atoms with Crippen LogP contribution in [-0.4, -0.2) is 0 Å². The molecule has 0 nitrogen and oxygen atoms in total. The van der Waals surface area contributed by atoms with Gasteiger partial charge in [0.2, 0.25) is 0 Å². The highest BCUT2D eigenvalue weighted by atomic mass is 14.5. The molecule has 4 aliphatic carbocycles. The lowest BCUT2D eigenvalue weighted by Gasteiger charge is -2.29. The molecular weight excluding hydrogens is 817 g/mol. The summed E-state index contributed by atoms with van der Waals surface area (Å²) in [5.41, 5.74) is 22.6. The van der Waals surface area contributed by atoms with Crippen molar-refractivity contribution in [3.8, 4) is 44.5 Å². The molecule has 17 rings (SSSR count). The topological polar surface area (TPSA) is 0 Å². The predicted molar refractivity (Wildman–Crippen MR) is 285 cm³/mol. The largest absolute Gasteiger partial charge is 0.0620 e. The zero-order valence-corrected chi connectivity index (χ0v) is 37.5. The van der Waals surface area contributed by atoms with Crippen LogP contribution in [0.2, 0.25) is 0 Å². The Bertz CT molecular complexity index is 4320. The highest BCUT2D eigenvalue weighted by molar-refractivity contribution is 6.27. The van der Waals surface area contributed by atoms with Crippen LogP contribution in [0.1, 0.15) is 44.5 Å². The summed E-state index contributed by atoms with van der Waals surface area (Å²) >= 11 is 0. The Balaban J connectivity index is 0.889. The molecule has 68 heavy (non-hydrogen) atoms. The van der Waals surface area contributed by atoms with E-state index < -0.39 is 0 Å². The van der Waals surface area contributed by atoms with Crippen LogP contribution in [0.25, 0.3) is 109 Å². The number of rotatable bonds is 2. The van der Waals surface area contributed by atoms with E-state index in [-0.39, 0.29) is 10.8 Å². The average Bonchev–Trinajstić information content (AvgIpc) is 4.12. The van der Waals surface area contributed by atoms with Gasteiger partial charge >= 0.3 is 0 Å². The lowest BCUT2D eigenvalue weighted by atomic mass is 9.72. The molecule has 0 aliphatic heterocycles. The van der Waals surface area contributed by atoms with Gasteiger partial charge < -0.3 is 0 Å². The molecule has 0 heterocycles. The van der Waals surface area contributed by atoms with Gasteiger partial charge in [0.25, 0.3) is 0 Å². The van der Waals surface area contributed by atoms with Gasteiger partial charge in [-0.2, -0.15) is 0 Å². The van der Waals surface area contributed by atoms with E-state index in [1.165, 1.54) is 154 Å². The van der Waals surface area contributed by atoms with E-state index >= 15 is 0 Å². The molecule has 0 aromatic heterocycles. The van der Waals surface area contributed by atoms with Gasteiger partial charge in [0.05, 0.1) is 0 Å². The third-order valence-electron chi connectivity index (χ3n) is 17.7. The fraction of sp³-hybridized carbons (Fsp3) is 0.0882. The third-order valence-corrected chi connectivity index (χ3v) is 17.7. The second-order valence-corrected chi connectivity index (χ2v) is 20.8. The lowest BCUT2D eigenvalue weighted by Crippen LogP contribution is -2.27. The zero-order valence-electron chi connectivity index (χ0n) is 37.5. The number of hydrogen-bond donors (Lipinski definition) is 0. The molecule has 0 atom stereocenters. The van der Waals surface area contributed by atoms with Gasteiger partial charge in [0.15, 0.2) is 0 Å². The predicted octanol–water partition coefficient (Wildman–Crippen LogP) is 16.9. The van der Waals surface area contributed by atoms with Crippen molar-refractivity contribution in [2.24, 2.45) is 0 Å². The quantitative estimate of drug-likeness (QED) is 0.152. The van der Waals surface area contributed by atoms with Crippen molar-refractivity contribution in [1.82, 2.24) is 0 Å². The summed E-state index contributed by atoms with van der Waals surface area (Å²) in [4.78, 5) is 0. The molecule has 2 spiro atoms. The molecule has 0 heteroatoms. The number of fused-ring (bicyclic) bond motifs is 12. The molecule has 0 amide bonds. The van der Waals surface area contributed by atoms with Gasteiger partial charge in [0.1, 0.15) is 0 Å². The molecule has 0 saturated carbocycles. The van der Waals surface area contributed by atoms with Crippen LogP contribution >= 0.6 is 0 Å². The standard InChI is InChI=1S/C68H42/c1-2-9-48-36-67(35-47(48)8-1)59-31-44(51-26-22-43-21-19-39-12-5-13-41-23-29-55(51)66(43)63(39)41)24-27-52(59)57-33-62-58(34-61(57)67)53-28-25-45(32-60(53)68(62)37-49-10-3-4-11-50(49)38-68)56-30-46-16-6-14-40-18-20-42-15-7-17-54(56)65(42)64(40)46/h1-34H,35-38H2. The molecule has 0 unspecified atom stereocenters. The molecule has 0 saturated heterocycles. The van der Waals surface area contributed by atoms with Crippen molar-refractivity contribution < 1.29 is 0 Å². The van der Waals surface area contributed by atoms with E-state index in [0.717, 1.165) is 25.7 Å². The Morgan fingerprint density at radius 1 is 0.235 bits per heavy atom. The van der Waals surface area contributed by atoms with Crippen LogP contribution in [0, 0.1) is 0 Å². The van der Waals surface area contributed by atoms with Crippen molar-refractivity contribution in [2.75, 3.05) is 0 Å². The number of hydrogen-bond acceptors (Lipinski definition) is 0. The minimum absolute atomic E-state index is 0.155. The second kappa shape index (κ2) is 12.5. The van der Waals surface area contributed by atoms with Crippen LogP contribution in [0.4, 0.5) is 0 Å². The molecule has 0 bridgehead atoms. The molecule has 0 N–H and O–H groups in total. The number of benzene rings is 13. The SMILES string of the molecule is c1ccc2c(c1)CC1(C2)c2cc(-c3ccc4ccc5cccc6ccc3c4c56)ccc2-c2cc3c(cc21)-c1ccc(-c2cc4cccc5ccc6cccc2c6c54)cc1C31Cc2ccccc2C1. The zero-order chi connectivity index (χ0) is 44.0. The maximum absolute atomic E-state index is 2.69. The molecule has 0 fully saturated rings. The van der Waals surface area contributed by atoms with Crippen LogP contribution < -0.4 is 0 Å². The smallest absolute Gasteiger partial charge is 0.0296 e. The van der Waals surface area contributed by atoms with Crippen LogP contribution in [0.3, 0.4) is 0 Å². The molecule has 13 aromatic carbocycles. The Kier molecular flexibility index (Phi) is 6.62. The van der Waals surface area contributed by atoms with Crippen LogP contribution in [0.15, 0.2) is 206 Å². The summed E-state index contributed by atoms with van der Waals surface area (Å²) in [5, 5.41) is 16.1. The highest BCUT2D eigenvalue weighted by Crippen LogP contribution is 2.62. The fourth-order valence-corrected chi connectivity index (χ4v) is 14.8. The first-order valence-corrected chi connectivity index (χ1v) is 24.6. The second-order valence-electron chi connectivity index (χ2n) is 20.8. The Hall–Kier alpha value is -8.06. The van der Waals surface area contributed by atoms with E-state index in [1.54, 1.807) is 0 Å². The van der Waals surface area contributed by atoms with E-state index in [4.69, 9.17) is 0 Å². The maximum atomic E-state index is 2.69. The normalized spacial score (nSPS) is 15.6. The summed E-state index contributed by atoms with van der Waals surface area (Å²) in [5.74, 6) is 0. The Morgan fingerprint density at radius 3 is 1.16 bits per heavy atom. The van der Waals surface area contributed by atoms with Gasteiger partial charge in [-0.1, -0.05) is 176 Å². The minimum atomic E-state index is -0.158. The molecule has 314 valence electrons. The van der Waals surface area contributed by atoms with Gasteiger partial charge in [-0.3, -0.25) is 0 Å². The first-order chi connectivity index (χ1) is 33.6. The fourth-order valence-electron chi connectivity index (χ4n) is 14.8. The summed E-state index contributed by atoms with van der Waals surface area (Å²) in [6, 6.07) is 80.5. The maximum Gasteiger partial charge on any atom is 0.0296 e. The van der Waals surface area contributed by atoms with E-state index in [2.05, 4.69) is 206 Å². The Labute approximate surface area is 394 Å². The Morgan fingerprint density at radius 2 is 0.618 bits per heavy atom. The monoisotopic (exact) mass is 858 g/mol. The van der Waals surface area contributed by atoms with Crippen molar-refractivity contribution in [3.05, 3.63) is 251 Å². The van der Waals surface area contributed by atoms with Gasteiger partial charge in [-0.15, -0.1) is 0 Å². The third kappa shape index (κ3) is 4.43. The van der Waals surface area contributed by atoms with Gasteiger partial charge in [0, 0.05) is 10.8 Å². The van der Waals surface area contributed by atoms with Crippen molar-refractivity contribution in [3.63, 3.8) is 0 Å². The summed E-state index contributed by atoms with van der Waals surface area (Å²) in [7, 11) is 0. The summed E-state index contributed by atoms with van der Waals surface area (Å²) in [6.07, 6.45) is 4.05. The van der Waals surface area contributed by atoms with Crippen LogP contribution in [-0.2, 0) is 36.5 Å². The van der Waals surface area contributed by atoms with Crippen molar-refractivity contribution in [1.29, 1.82) is 0 Å². The molecular formula is C68H42. The molecule has 4 aliphatic rings. The first kappa shape index (κ1) is 36.1. The van der Waals surface area contributed by atoms with E-state index in [9.17, 15) is 0 Å². The van der Waals surface area contributed by atoms with E-state index in [1.807, 2.05) is 0 Å². The first-order valence-electron chi connectivity index (χ1n) is 24.6. The lowest BCUT2D eigenvalue weighted by molar-refractivity contribution is 0.557.